The molecule has 1 aliphatic heterocycles. The first kappa shape index (κ1) is 14.5. The van der Waals surface area contributed by atoms with Crippen LogP contribution in [0.1, 0.15) is 11.1 Å². The van der Waals surface area contributed by atoms with Crippen LogP contribution in [0, 0.1) is 6.92 Å². The highest BCUT2D eigenvalue weighted by molar-refractivity contribution is 8.15. The van der Waals surface area contributed by atoms with Crippen LogP contribution in [0.4, 0.5) is 0 Å². The minimum absolute atomic E-state index is 0.0287. The van der Waals surface area contributed by atoms with Crippen molar-refractivity contribution in [1.29, 1.82) is 0 Å². The highest BCUT2D eigenvalue weighted by atomic mass is 32.2. The van der Waals surface area contributed by atoms with Crippen LogP contribution in [0.25, 0.3) is 11.1 Å². The molecule has 1 fully saturated rings. The van der Waals surface area contributed by atoms with Crippen molar-refractivity contribution in [3.05, 3.63) is 59.7 Å². The van der Waals surface area contributed by atoms with Crippen LogP contribution in [0.2, 0.25) is 0 Å². The standard InChI is InChI=1S/C17H15N3OS/c1-12-6-8-13(9-7-12)15-5-3-2-4-14(15)10-18-20-17-19-16(21)11-22-17/h2-10H,11H2,1H3,(H,19,20,21). The lowest BCUT2D eigenvalue weighted by molar-refractivity contribution is -0.116. The molecule has 0 unspecified atom stereocenters. The number of thioether (sulfide) groups is 1. The molecule has 1 N–H and O–H groups in total. The molecule has 0 atom stereocenters. The largest absolute Gasteiger partial charge is 0.303 e. The molecule has 1 aliphatic rings. The van der Waals surface area contributed by atoms with Crippen LogP contribution in [-0.2, 0) is 4.79 Å². The summed E-state index contributed by atoms with van der Waals surface area (Å²) in [6, 6.07) is 16.4. The van der Waals surface area contributed by atoms with E-state index < -0.39 is 0 Å². The summed E-state index contributed by atoms with van der Waals surface area (Å²) >= 11 is 1.36. The van der Waals surface area contributed by atoms with Crippen molar-refractivity contribution >= 4 is 29.1 Å². The van der Waals surface area contributed by atoms with Gasteiger partial charge in [0, 0.05) is 5.56 Å². The predicted octanol–water partition coefficient (Wildman–Crippen LogP) is 3.21. The first-order valence-electron chi connectivity index (χ1n) is 6.92. The average Bonchev–Trinajstić information content (AvgIpc) is 2.94. The molecule has 1 heterocycles. The van der Waals surface area contributed by atoms with Crippen LogP contribution < -0.4 is 5.32 Å². The summed E-state index contributed by atoms with van der Waals surface area (Å²) in [7, 11) is 0. The van der Waals surface area contributed by atoms with Crippen LogP contribution >= 0.6 is 11.8 Å². The fourth-order valence-corrected chi connectivity index (χ4v) is 2.76. The lowest BCUT2D eigenvalue weighted by Gasteiger charge is -2.05. The second-order valence-corrected chi connectivity index (χ2v) is 5.90. The first-order valence-corrected chi connectivity index (χ1v) is 7.91. The number of nitrogens with zero attached hydrogens (tertiary/aromatic N) is 2. The molecule has 2 aromatic carbocycles. The highest BCUT2D eigenvalue weighted by Crippen LogP contribution is 2.23. The number of carbonyl (C=O) groups is 1. The number of hydrogen-bond acceptors (Lipinski definition) is 4. The van der Waals surface area contributed by atoms with Gasteiger partial charge in [0.2, 0.25) is 5.91 Å². The van der Waals surface area contributed by atoms with E-state index in [1.807, 2.05) is 18.2 Å². The summed E-state index contributed by atoms with van der Waals surface area (Å²) in [4.78, 5) is 11.1. The van der Waals surface area contributed by atoms with Crippen molar-refractivity contribution in [2.45, 2.75) is 6.92 Å². The van der Waals surface area contributed by atoms with E-state index in [9.17, 15) is 4.79 Å². The third-order valence-corrected chi connectivity index (χ3v) is 4.12. The van der Waals surface area contributed by atoms with Gasteiger partial charge in [-0.05, 0) is 18.1 Å². The van der Waals surface area contributed by atoms with E-state index in [1.54, 1.807) is 6.21 Å². The van der Waals surface area contributed by atoms with Gasteiger partial charge in [0.1, 0.15) is 0 Å². The van der Waals surface area contributed by atoms with Gasteiger partial charge >= 0.3 is 0 Å². The summed E-state index contributed by atoms with van der Waals surface area (Å²) in [5.74, 6) is 0.382. The van der Waals surface area contributed by atoms with E-state index in [-0.39, 0.29) is 5.91 Å². The maximum Gasteiger partial charge on any atom is 0.236 e. The summed E-state index contributed by atoms with van der Waals surface area (Å²) in [6.07, 6.45) is 1.72. The topological polar surface area (TPSA) is 53.8 Å². The molecule has 4 nitrogen and oxygen atoms in total. The smallest absolute Gasteiger partial charge is 0.236 e. The molecule has 0 aromatic heterocycles. The second kappa shape index (κ2) is 6.58. The number of carbonyl (C=O) groups excluding carboxylic acids is 1. The average molecular weight is 309 g/mol. The minimum atomic E-state index is -0.0287. The molecule has 0 spiro atoms. The quantitative estimate of drug-likeness (QED) is 0.699. The number of aryl methyl sites for hydroxylation is 1. The fraction of sp³-hybridized carbons (Fsp3) is 0.118. The summed E-state index contributed by atoms with van der Waals surface area (Å²) in [5, 5.41) is 11.3. The molecule has 0 aliphatic carbocycles. The molecule has 22 heavy (non-hydrogen) atoms. The van der Waals surface area contributed by atoms with Crippen molar-refractivity contribution in [3.8, 4) is 11.1 Å². The van der Waals surface area contributed by atoms with Gasteiger partial charge in [0.25, 0.3) is 0 Å². The Morgan fingerprint density at radius 1 is 1.14 bits per heavy atom. The van der Waals surface area contributed by atoms with Gasteiger partial charge in [-0.15, -0.1) is 5.10 Å². The van der Waals surface area contributed by atoms with Gasteiger partial charge in [-0.2, -0.15) is 5.10 Å². The molecule has 1 amide bonds. The van der Waals surface area contributed by atoms with Gasteiger partial charge in [-0.3, -0.25) is 4.79 Å². The zero-order valence-corrected chi connectivity index (χ0v) is 12.9. The molecule has 0 radical (unpaired) electrons. The van der Waals surface area contributed by atoms with Crippen molar-refractivity contribution in [2.75, 3.05) is 5.75 Å². The number of nitrogens with one attached hydrogen (secondary N) is 1. The third-order valence-electron chi connectivity index (χ3n) is 3.26. The van der Waals surface area contributed by atoms with E-state index in [0.717, 1.165) is 16.7 Å². The Bertz CT molecular complexity index is 751. The number of amides is 1. The van der Waals surface area contributed by atoms with Crippen molar-refractivity contribution in [3.63, 3.8) is 0 Å². The van der Waals surface area contributed by atoms with Crippen molar-refractivity contribution < 1.29 is 4.79 Å². The van der Waals surface area contributed by atoms with Gasteiger partial charge in [-0.25, -0.2) is 0 Å². The van der Waals surface area contributed by atoms with Gasteiger partial charge in [-0.1, -0.05) is 65.9 Å². The molecule has 0 bridgehead atoms. The summed E-state index contributed by atoms with van der Waals surface area (Å²) in [6.45, 7) is 2.07. The maximum absolute atomic E-state index is 11.1. The van der Waals surface area contributed by atoms with Gasteiger partial charge in [0.15, 0.2) is 5.17 Å². The summed E-state index contributed by atoms with van der Waals surface area (Å²) in [5.41, 5.74) is 4.47. The number of amidine groups is 1. The Kier molecular flexibility index (Phi) is 4.34. The van der Waals surface area contributed by atoms with Crippen LogP contribution in [0.5, 0.6) is 0 Å². The Balaban J connectivity index is 1.85. The minimum Gasteiger partial charge on any atom is -0.303 e. The fourth-order valence-electron chi connectivity index (χ4n) is 2.13. The number of benzene rings is 2. The number of hydrogen-bond donors (Lipinski definition) is 1. The molecule has 0 saturated carbocycles. The van der Waals surface area contributed by atoms with E-state index in [2.05, 4.69) is 52.8 Å². The van der Waals surface area contributed by atoms with Crippen LogP contribution in [0.3, 0.4) is 0 Å². The molecule has 1 saturated heterocycles. The molecular weight excluding hydrogens is 294 g/mol. The second-order valence-electron chi connectivity index (χ2n) is 4.94. The molecule has 5 heteroatoms. The maximum atomic E-state index is 11.1. The molecule has 2 aromatic rings. The number of rotatable bonds is 3. The molecular formula is C17H15N3OS. The predicted molar refractivity (Wildman–Crippen MR) is 92.2 cm³/mol. The van der Waals surface area contributed by atoms with E-state index >= 15 is 0 Å². The Labute approximate surface area is 133 Å². The Hall–Kier alpha value is -2.40. The third kappa shape index (κ3) is 3.43. The normalized spacial score (nSPS) is 16.4. The summed E-state index contributed by atoms with van der Waals surface area (Å²) < 4.78 is 0. The van der Waals surface area contributed by atoms with Gasteiger partial charge in [0.05, 0.1) is 12.0 Å². The van der Waals surface area contributed by atoms with Gasteiger partial charge < -0.3 is 5.32 Å². The zero-order valence-electron chi connectivity index (χ0n) is 12.1. The van der Waals surface area contributed by atoms with E-state index in [1.165, 1.54) is 17.3 Å². The van der Waals surface area contributed by atoms with Crippen LogP contribution in [-0.4, -0.2) is 23.0 Å². The van der Waals surface area contributed by atoms with Crippen molar-refractivity contribution in [2.24, 2.45) is 10.2 Å². The lowest BCUT2D eigenvalue weighted by Crippen LogP contribution is -2.19. The molecule has 3 rings (SSSR count). The van der Waals surface area contributed by atoms with E-state index in [4.69, 9.17) is 0 Å². The van der Waals surface area contributed by atoms with E-state index in [0.29, 0.717) is 10.9 Å². The van der Waals surface area contributed by atoms with Crippen molar-refractivity contribution in [1.82, 2.24) is 5.32 Å². The zero-order chi connectivity index (χ0) is 15.4. The Morgan fingerprint density at radius 2 is 1.91 bits per heavy atom. The monoisotopic (exact) mass is 309 g/mol. The van der Waals surface area contributed by atoms with Crippen LogP contribution in [0.15, 0.2) is 58.7 Å². The highest BCUT2D eigenvalue weighted by Gasteiger charge is 2.15. The lowest BCUT2D eigenvalue weighted by atomic mass is 9.99. The first-order chi connectivity index (χ1) is 10.7. The Morgan fingerprint density at radius 3 is 2.64 bits per heavy atom. The molecule has 110 valence electrons. The SMILES string of the molecule is Cc1ccc(-c2ccccc2C=NN=C2NC(=O)CS2)cc1.